The van der Waals surface area contributed by atoms with Gasteiger partial charge in [-0.1, -0.05) is 24.3 Å². The van der Waals surface area contributed by atoms with Gasteiger partial charge in [0.1, 0.15) is 5.82 Å². The molecule has 1 heterocycles. The molecule has 154 valence electrons. The fraction of sp³-hybridized carbons (Fsp3) is 0.364. The summed E-state index contributed by atoms with van der Waals surface area (Å²) in [6, 6.07) is 9.10. The molecule has 0 spiro atoms. The minimum atomic E-state index is -0.958. The highest BCUT2D eigenvalue weighted by Crippen LogP contribution is 2.20. The third-order valence-electron chi connectivity index (χ3n) is 5.24. The van der Waals surface area contributed by atoms with Crippen LogP contribution in [0.4, 0.5) is 13.2 Å². The van der Waals surface area contributed by atoms with Gasteiger partial charge in [0.05, 0.1) is 5.92 Å². The maximum Gasteiger partial charge on any atom is 0.225 e. The Kier molecular flexibility index (Phi) is 6.56. The lowest BCUT2D eigenvalue weighted by Gasteiger charge is -2.32. The van der Waals surface area contributed by atoms with Crippen LogP contribution >= 0.6 is 0 Å². The van der Waals surface area contributed by atoms with E-state index in [-0.39, 0.29) is 48.3 Å². The Morgan fingerprint density at radius 2 is 1.97 bits per heavy atom. The van der Waals surface area contributed by atoms with Crippen molar-refractivity contribution in [2.45, 2.75) is 32.7 Å². The van der Waals surface area contributed by atoms with Crippen molar-refractivity contribution in [1.82, 2.24) is 10.2 Å². The second-order valence-electron chi connectivity index (χ2n) is 7.34. The van der Waals surface area contributed by atoms with Crippen molar-refractivity contribution in [3.63, 3.8) is 0 Å². The molecule has 1 unspecified atom stereocenters. The van der Waals surface area contributed by atoms with Gasteiger partial charge in [0.2, 0.25) is 11.8 Å². The number of hydrogen-bond donors (Lipinski definition) is 1. The van der Waals surface area contributed by atoms with E-state index in [1.165, 1.54) is 31.2 Å². The van der Waals surface area contributed by atoms with Crippen molar-refractivity contribution >= 4 is 11.8 Å². The maximum atomic E-state index is 14.0. The average molecular weight is 404 g/mol. The van der Waals surface area contributed by atoms with E-state index in [4.69, 9.17) is 0 Å². The SMILES string of the molecule is Cc1ccc(CNC(=O)C2CCC(=O)N(CCc3cccc(F)c3)C2)c(F)c1F. The van der Waals surface area contributed by atoms with Crippen LogP contribution in [0, 0.1) is 30.3 Å². The van der Waals surface area contributed by atoms with Gasteiger partial charge in [-0.3, -0.25) is 9.59 Å². The number of hydrogen-bond acceptors (Lipinski definition) is 2. The zero-order valence-corrected chi connectivity index (χ0v) is 16.2. The smallest absolute Gasteiger partial charge is 0.225 e. The first kappa shape index (κ1) is 20.9. The Hall–Kier alpha value is -2.83. The lowest BCUT2D eigenvalue weighted by molar-refractivity contribution is -0.138. The van der Waals surface area contributed by atoms with Crippen molar-refractivity contribution in [1.29, 1.82) is 0 Å². The molecule has 1 fully saturated rings. The lowest BCUT2D eigenvalue weighted by atomic mass is 9.96. The van der Waals surface area contributed by atoms with Crippen LogP contribution in [0.25, 0.3) is 0 Å². The van der Waals surface area contributed by atoms with Crippen LogP contribution in [0.2, 0.25) is 0 Å². The number of likely N-dealkylation sites (tertiary alicyclic amines) is 1. The van der Waals surface area contributed by atoms with Gasteiger partial charge in [0.15, 0.2) is 11.6 Å². The van der Waals surface area contributed by atoms with Gasteiger partial charge >= 0.3 is 0 Å². The van der Waals surface area contributed by atoms with E-state index in [0.29, 0.717) is 19.4 Å². The van der Waals surface area contributed by atoms with E-state index in [2.05, 4.69) is 5.32 Å². The first-order chi connectivity index (χ1) is 13.8. The summed E-state index contributed by atoms with van der Waals surface area (Å²) in [7, 11) is 0. The van der Waals surface area contributed by atoms with E-state index in [9.17, 15) is 22.8 Å². The molecule has 1 saturated heterocycles. The van der Waals surface area contributed by atoms with Crippen LogP contribution in [0.5, 0.6) is 0 Å². The highest BCUT2D eigenvalue weighted by atomic mass is 19.2. The number of aryl methyl sites for hydroxylation is 1. The number of nitrogens with one attached hydrogen (secondary N) is 1. The third-order valence-corrected chi connectivity index (χ3v) is 5.24. The largest absolute Gasteiger partial charge is 0.352 e. The number of carbonyl (C=O) groups excluding carboxylic acids is 2. The predicted octanol–water partition coefficient (Wildman–Crippen LogP) is 3.51. The molecule has 7 heteroatoms. The molecular formula is C22H23F3N2O2. The standard InChI is InChI=1S/C22H23F3N2O2/c1-14-5-6-16(21(25)20(14)24)12-26-22(29)17-7-8-19(28)27(13-17)10-9-15-3-2-4-18(23)11-15/h2-6,11,17H,7-10,12-13H2,1H3,(H,26,29). The first-order valence-electron chi connectivity index (χ1n) is 9.58. The molecule has 1 atom stereocenters. The van der Waals surface area contributed by atoms with Gasteiger partial charge in [-0.25, -0.2) is 13.2 Å². The lowest BCUT2D eigenvalue weighted by Crippen LogP contribution is -2.46. The summed E-state index contributed by atoms with van der Waals surface area (Å²) in [6.07, 6.45) is 1.15. The van der Waals surface area contributed by atoms with Crippen LogP contribution in [0.3, 0.4) is 0 Å². The first-order valence-corrected chi connectivity index (χ1v) is 9.58. The second kappa shape index (κ2) is 9.11. The summed E-state index contributed by atoms with van der Waals surface area (Å²) < 4.78 is 40.9. The number of piperidine rings is 1. The number of halogens is 3. The number of carbonyl (C=O) groups is 2. The Morgan fingerprint density at radius 3 is 2.72 bits per heavy atom. The molecule has 0 aliphatic carbocycles. The minimum absolute atomic E-state index is 0.0443. The fourth-order valence-electron chi connectivity index (χ4n) is 3.45. The molecule has 2 aromatic rings. The summed E-state index contributed by atoms with van der Waals surface area (Å²) >= 11 is 0. The summed E-state index contributed by atoms with van der Waals surface area (Å²) in [5.74, 6) is -2.96. The molecule has 29 heavy (non-hydrogen) atoms. The highest BCUT2D eigenvalue weighted by Gasteiger charge is 2.30. The van der Waals surface area contributed by atoms with Crippen molar-refractivity contribution in [3.05, 3.63) is 70.5 Å². The van der Waals surface area contributed by atoms with Crippen molar-refractivity contribution in [2.24, 2.45) is 5.92 Å². The zero-order valence-electron chi connectivity index (χ0n) is 16.2. The summed E-state index contributed by atoms with van der Waals surface area (Å²) in [6.45, 7) is 2.00. The monoisotopic (exact) mass is 404 g/mol. The van der Waals surface area contributed by atoms with Crippen molar-refractivity contribution < 1.29 is 22.8 Å². The molecule has 0 radical (unpaired) electrons. The molecular weight excluding hydrogens is 381 g/mol. The molecule has 3 rings (SSSR count). The van der Waals surface area contributed by atoms with Crippen LogP contribution in [0.15, 0.2) is 36.4 Å². The van der Waals surface area contributed by atoms with Gasteiger partial charge < -0.3 is 10.2 Å². The normalized spacial score (nSPS) is 16.8. The van der Waals surface area contributed by atoms with Crippen molar-refractivity contribution in [3.8, 4) is 0 Å². The molecule has 1 N–H and O–H groups in total. The van der Waals surface area contributed by atoms with Crippen LogP contribution < -0.4 is 5.32 Å². The number of benzene rings is 2. The van der Waals surface area contributed by atoms with Crippen LogP contribution in [-0.4, -0.2) is 29.8 Å². The van der Waals surface area contributed by atoms with E-state index >= 15 is 0 Å². The molecule has 1 aliphatic rings. The summed E-state index contributed by atoms with van der Waals surface area (Å²) in [5, 5.41) is 2.64. The minimum Gasteiger partial charge on any atom is -0.352 e. The fourth-order valence-corrected chi connectivity index (χ4v) is 3.45. The summed E-state index contributed by atoms with van der Waals surface area (Å²) in [4.78, 5) is 26.3. The number of amides is 2. The third kappa shape index (κ3) is 5.16. The highest BCUT2D eigenvalue weighted by molar-refractivity contribution is 5.83. The van der Waals surface area contributed by atoms with Gasteiger partial charge in [-0.15, -0.1) is 0 Å². The quantitative estimate of drug-likeness (QED) is 0.801. The summed E-state index contributed by atoms with van der Waals surface area (Å²) in [5.41, 5.74) is 1.06. The molecule has 1 aliphatic heterocycles. The van der Waals surface area contributed by atoms with E-state index in [1.54, 1.807) is 17.0 Å². The molecule has 0 aromatic heterocycles. The molecule has 2 aromatic carbocycles. The molecule has 0 saturated carbocycles. The topological polar surface area (TPSA) is 49.4 Å². The average Bonchev–Trinajstić information content (AvgIpc) is 2.71. The zero-order chi connectivity index (χ0) is 21.0. The maximum absolute atomic E-state index is 14.0. The Balaban J connectivity index is 1.55. The van der Waals surface area contributed by atoms with Crippen LogP contribution in [0.1, 0.15) is 29.5 Å². The van der Waals surface area contributed by atoms with E-state index in [0.717, 1.165) is 5.56 Å². The Bertz CT molecular complexity index is 917. The van der Waals surface area contributed by atoms with Gasteiger partial charge in [-0.05, 0) is 43.0 Å². The van der Waals surface area contributed by atoms with E-state index < -0.39 is 17.6 Å². The Morgan fingerprint density at radius 1 is 1.17 bits per heavy atom. The predicted molar refractivity (Wildman–Crippen MR) is 102 cm³/mol. The van der Waals surface area contributed by atoms with E-state index in [1.807, 2.05) is 0 Å². The molecule has 4 nitrogen and oxygen atoms in total. The second-order valence-corrected chi connectivity index (χ2v) is 7.34. The Labute approximate surface area is 167 Å². The number of nitrogens with zero attached hydrogens (tertiary/aromatic N) is 1. The molecule has 0 bridgehead atoms. The van der Waals surface area contributed by atoms with Gasteiger partial charge in [-0.2, -0.15) is 0 Å². The number of rotatable bonds is 6. The van der Waals surface area contributed by atoms with Crippen LogP contribution in [-0.2, 0) is 22.6 Å². The van der Waals surface area contributed by atoms with Gasteiger partial charge in [0.25, 0.3) is 0 Å². The van der Waals surface area contributed by atoms with Gasteiger partial charge in [0, 0.05) is 31.6 Å². The molecule has 2 amide bonds. The van der Waals surface area contributed by atoms with Crippen molar-refractivity contribution in [2.75, 3.05) is 13.1 Å².